The number of rotatable bonds is 3. The van der Waals surface area contributed by atoms with E-state index in [-0.39, 0.29) is 17.1 Å². The first-order valence-electron chi connectivity index (χ1n) is 7.59. The predicted molar refractivity (Wildman–Crippen MR) is 97.6 cm³/mol. The van der Waals surface area contributed by atoms with Crippen LogP contribution in [-0.2, 0) is 0 Å². The molecule has 2 heterocycles. The number of anilines is 1. The number of thiazole rings is 1. The molecule has 0 aliphatic carbocycles. The Hall–Kier alpha value is -2.25. The zero-order valence-corrected chi connectivity index (χ0v) is 15.4. The van der Waals surface area contributed by atoms with Gasteiger partial charge in [-0.05, 0) is 39.0 Å². The smallest absolute Gasteiger partial charge is 0.271 e. The number of nitrogens with zero attached hydrogens (tertiary/aromatic N) is 3. The highest BCUT2D eigenvalue weighted by Gasteiger charge is 2.22. The zero-order valence-electron chi connectivity index (χ0n) is 13.8. The van der Waals surface area contributed by atoms with Gasteiger partial charge in [-0.15, -0.1) is 11.3 Å². The van der Waals surface area contributed by atoms with Crippen LogP contribution in [0, 0.1) is 19.7 Å². The number of fused-ring (bicyclic) bond motifs is 1. The normalized spacial score (nSPS) is 11.1. The minimum Gasteiger partial charge on any atom is -0.308 e. The molecule has 8 heteroatoms. The van der Waals surface area contributed by atoms with E-state index >= 15 is 0 Å². The molecule has 0 radical (unpaired) electrons. The van der Waals surface area contributed by atoms with E-state index in [9.17, 15) is 14.0 Å². The van der Waals surface area contributed by atoms with Crippen LogP contribution in [0.15, 0.2) is 29.2 Å². The maximum absolute atomic E-state index is 13.7. The van der Waals surface area contributed by atoms with Crippen LogP contribution in [0.25, 0.3) is 4.96 Å². The van der Waals surface area contributed by atoms with Crippen molar-refractivity contribution in [2.75, 3.05) is 11.4 Å². The van der Waals surface area contributed by atoms with Crippen LogP contribution in [0.4, 0.5) is 10.1 Å². The molecular weight excluding hydrogens is 365 g/mol. The molecule has 0 unspecified atom stereocenters. The quantitative estimate of drug-likeness (QED) is 0.695. The Kier molecular flexibility index (Phi) is 4.62. The maximum atomic E-state index is 13.7. The summed E-state index contributed by atoms with van der Waals surface area (Å²) in [4.78, 5) is 32.7. The molecule has 0 saturated carbocycles. The summed E-state index contributed by atoms with van der Waals surface area (Å²) in [6.07, 6.45) is 1.28. The topological polar surface area (TPSA) is 54.7 Å². The number of carbonyl (C=O) groups excluding carboxylic acids is 1. The fourth-order valence-electron chi connectivity index (χ4n) is 2.56. The Morgan fingerprint density at radius 2 is 2.12 bits per heavy atom. The van der Waals surface area contributed by atoms with Crippen molar-refractivity contribution >= 4 is 39.5 Å². The third kappa shape index (κ3) is 2.94. The lowest BCUT2D eigenvalue weighted by Gasteiger charge is -2.21. The number of halogens is 2. The number of aromatic nitrogens is 2. The molecule has 2 aromatic heterocycles. The molecule has 1 amide bonds. The first-order chi connectivity index (χ1) is 11.8. The largest absolute Gasteiger partial charge is 0.308 e. The SMILES string of the molecule is CCN(C(=O)c1cnc2sc(C)c(C)n2c1=O)c1ccc(Cl)c(F)c1. The van der Waals surface area contributed by atoms with E-state index in [1.807, 2.05) is 13.8 Å². The molecule has 0 spiro atoms. The lowest BCUT2D eigenvalue weighted by Crippen LogP contribution is -2.36. The average molecular weight is 380 g/mol. The predicted octanol–water partition coefficient (Wildman–Crippen LogP) is 3.83. The lowest BCUT2D eigenvalue weighted by atomic mass is 10.2. The average Bonchev–Trinajstić information content (AvgIpc) is 2.87. The van der Waals surface area contributed by atoms with Gasteiger partial charge < -0.3 is 4.90 Å². The van der Waals surface area contributed by atoms with Gasteiger partial charge in [0, 0.05) is 29.0 Å². The summed E-state index contributed by atoms with van der Waals surface area (Å²) in [6.45, 7) is 5.71. The molecular formula is C17H15ClFN3O2S. The van der Waals surface area contributed by atoms with E-state index in [4.69, 9.17) is 11.6 Å². The summed E-state index contributed by atoms with van der Waals surface area (Å²) in [5.74, 6) is -1.15. The van der Waals surface area contributed by atoms with Crippen LogP contribution in [0.3, 0.4) is 0 Å². The van der Waals surface area contributed by atoms with E-state index in [0.29, 0.717) is 10.6 Å². The van der Waals surface area contributed by atoms with Crippen LogP contribution in [0.2, 0.25) is 5.02 Å². The van der Waals surface area contributed by atoms with Gasteiger partial charge in [-0.25, -0.2) is 9.37 Å². The number of benzene rings is 1. The Morgan fingerprint density at radius 1 is 1.40 bits per heavy atom. The molecule has 1 aromatic carbocycles. The Morgan fingerprint density at radius 3 is 2.76 bits per heavy atom. The van der Waals surface area contributed by atoms with Gasteiger partial charge in [0.25, 0.3) is 11.5 Å². The molecule has 0 aliphatic heterocycles. The Balaban J connectivity index is 2.11. The summed E-state index contributed by atoms with van der Waals surface area (Å²) in [5, 5.41) is -0.0280. The van der Waals surface area contributed by atoms with Crippen LogP contribution in [-0.4, -0.2) is 21.8 Å². The number of aryl methyl sites for hydroxylation is 2. The van der Waals surface area contributed by atoms with Crippen molar-refractivity contribution in [2.24, 2.45) is 0 Å². The summed E-state index contributed by atoms with van der Waals surface area (Å²) in [7, 11) is 0. The summed E-state index contributed by atoms with van der Waals surface area (Å²) < 4.78 is 15.2. The second-order valence-electron chi connectivity index (χ2n) is 5.49. The highest BCUT2D eigenvalue weighted by Crippen LogP contribution is 2.23. The van der Waals surface area contributed by atoms with Gasteiger partial charge in [0.1, 0.15) is 11.4 Å². The van der Waals surface area contributed by atoms with Gasteiger partial charge in [-0.2, -0.15) is 0 Å². The summed E-state index contributed by atoms with van der Waals surface area (Å²) in [5.41, 5.74) is 0.602. The summed E-state index contributed by atoms with van der Waals surface area (Å²) in [6, 6.07) is 4.09. The van der Waals surface area contributed by atoms with Gasteiger partial charge in [0.05, 0.1) is 5.02 Å². The van der Waals surface area contributed by atoms with Crippen molar-refractivity contribution in [3.8, 4) is 0 Å². The van der Waals surface area contributed by atoms with Gasteiger partial charge in [0.15, 0.2) is 4.96 Å². The van der Waals surface area contributed by atoms with Crippen molar-refractivity contribution in [3.05, 3.63) is 61.7 Å². The molecule has 5 nitrogen and oxygen atoms in total. The number of hydrogen-bond acceptors (Lipinski definition) is 4. The van der Waals surface area contributed by atoms with Crippen LogP contribution >= 0.6 is 22.9 Å². The van der Waals surface area contributed by atoms with Gasteiger partial charge in [-0.1, -0.05) is 11.6 Å². The molecule has 3 aromatic rings. The van der Waals surface area contributed by atoms with Gasteiger partial charge in [-0.3, -0.25) is 14.0 Å². The lowest BCUT2D eigenvalue weighted by molar-refractivity contribution is 0.0986. The first-order valence-corrected chi connectivity index (χ1v) is 8.79. The van der Waals surface area contributed by atoms with E-state index in [2.05, 4.69) is 4.98 Å². The molecule has 25 heavy (non-hydrogen) atoms. The standard InChI is InChI=1S/C17H15ClFN3O2S/c1-4-21(11-5-6-13(18)14(19)7-11)15(23)12-8-20-17-22(16(12)24)9(2)10(3)25-17/h5-8H,4H2,1-3H3. The van der Waals surface area contributed by atoms with Crippen LogP contribution in [0.5, 0.6) is 0 Å². The zero-order chi connectivity index (χ0) is 18.3. The second-order valence-corrected chi connectivity index (χ2v) is 7.08. The molecule has 0 bridgehead atoms. The minimum atomic E-state index is -0.625. The van der Waals surface area contributed by atoms with E-state index < -0.39 is 17.3 Å². The van der Waals surface area contributed by atoms with Gasteiger partial charge >= 0.3 is 0 Å². The minimum absolute atomic E-state index is 0.0280. The van der Waals surface area contributed by atoms with E-state index in [0.717, 1.165) is 10.6 Å². The molecule has 130 valence electrons. The van der Waals surface area contributed by atoms with Gasteiger partial charge in [0.2, 0.25) is 0 Å². The molecule has 0 fully saturated rings. The van der Waals surface area contributed by atoms with E-state index in [1.165, 1.54) is 45.0 Å². The van der Waals surface area contributed by atoms with Crippen molar-refractivity contribution in [2.45, 2.75) is 20.8 Å². The molecule has 3 rings (SSSR count). The Labute approximate surface area is 152 Å². The van der Waals surface area contributed by atoms with Crippen LogP contribution < -0.4 is 10.5 Å². The fraction of sp³-hybridized carbons (Fsp3) is 0.235. The van der Waals surface area contributed by atoms with E-state index in [1.54, 1.807) is 6.92 Å². The summed E-state index contributed by atoms with van der Waals surface area (Å²) >= 11 is 7.08. The number of hydrogen-bond donors (Lipinski definition) is 0. The first kappa shape index (κ1) is 17.6. The molecule has 0 N–H and O–H groups in total. The second kappa shape index (κ2) is 6.57. The maximum Gasteiger partial charge on any atom is 0.271 e. The Bertz CT molecular complexity index is 1040. The fourth-order valence-corrected chi connectivity index (χ4v) is 3.61. The number of amides is 1. The highest BCUT2D eigenvalue weighted by molar-refractivity contribution is 7.17. The van der Waals surface area contributed by atoms with Crippen molar-refractivity contribution in [3.63, 3.8) is 0 Å². The molecule has 0 atom stereocenters. The van der Waals surface area contributed by atoms with Crippen molar-refractivity contribution in [1.82, 2.24) is 9.38 Å². The molecule has 0 saturated heterocycles. The van der Waals surface area contributed by atoms with Crippen molar-refractivity contribution < 1.29 is 9.18 Å². The third-order valence-electron chi connectivity index (χ3n) is 4.02. The third-order valence-corrected chi connectivity index (χ3v) is 5.40. The monoisotopic (exact) mass is 379 g/mol. The van der Waals surface area contributed by atoms with Crippen LogP contribution in [0.1, 0.15) is 27.9 Å². The number of carbonyl (C=O) groups is 1. The molecule has 0 aliphatic rings. The highest BCUT2D eigenvalue weighted by atomic mass is 35.5. The van der Waals surface area contributed by atoms with Crippen molar-refractivity contribution in [1.29, 1.82) is 0 Å².